The van der Waals surface area contributed by atoms with Gasteiger partial charge >= 0.3 is 6.03 Å². The lowest BCUT2D eigenvalue weighted by atomic mass is 10.1. The van der Waals surface area contributed by atoms with Crippen LogP contribution in [-0.2, 0) is 4.79 Å². The molecule has 0 unspecified atom stereocenters. The molecule has 3 amide bonds. The summed E-state index contributed by atoms with van der Waals surface area (Å²) in [5.41, 5.74) is 1.22. The van der Waals surface area contributed by atoms with Crippen LogP contribution in [0, 0.1) is 0 Å². The van der Waals surface area contributed by atoms with Gasteiger partial charge in [0, 0.05) is 37.3 Å². The molecule has 1 aromatic rings. The summed E-state index contributed by atoms with van der Waals surface area (Å²) in [5, 5.41) is 5.56. The van der Waals surface area contributed by atoms with Crippen molar-refractivity contribution in [2.45, 2.75) is 32.7 Å². The van der Waals surface area contributed by atoms with Crippen molar-refractivity contribution in [3.8, 4) is 0 Å². The molecule has 0 atom stereocenters. The van der Waals surface area contributed by atoms with Crippen molar-refractivity contribution in [2.75, 3.05) is 18.0 Å². The number of rotatable bonds is 6. The molecular weight excluding hydrogens is 282 g/mol. The maximum absolute atomic E-state index is 11.8. The van der Waals surface area contributed by atoms with Gasteiger partial charge in [0.1, 0.15) is 0 Å². The molecule has 1 aromatic carbocycles. The first kappa shape index (κ1) is 16.0. The van der Waals surface area contributed by atoms with Crippen LogP contribution < -0.4 is 15.5 Å². The van der Waals surface area contributed by atoms with Gasteiger partial charge in [-0.1, -0.05) is 12.1 Å². The monoisotopic (exact) mass is 303 g/mol. The second-order valence-corrected chi connectivity index (χ2v) is 5.45. The molecule has 1 saturated carbocycles. The van der Waals surface area contributed by atoms with Crippen LogP contribution in [0.15, 0.2) is 24.3 Å². The van der Waals surface area contributed by atoms with Crippen molar-refractivity contribution in [1.29, 1.82) is 0 Å². The Morgan fingerprint density at radius 3 is 2.55 bits per heavy atom. The fourth-order valence-corrected chi connectivity index (χ4v) is 2.11. The van der Waals surface area contributed by atoms with Gasteiger partial charge in [-0.3, -0.25) is 9.59 Å². The number of carbonyl (C=O) groups is 3. The highest BCUT2D eigenvalue weighted by Crippen LogP contribution is 2.18. The van der Waals surface area contributed by atoms with E-state index >= 15 is 0 Å². The number of amides is 3. The molecule has 2 N–H and O–H groups in total. The van der Waals surface area contributed by atoms with Gasteiger partial charge in [-0.05, 0) is 31.9 Å². The highest BCUT2D eigenvalue weighted by atomic mass is 16.2. The number of nitrogens with one attached hydrogen (secondary N) is 2. The second-order valence-electron chi connectivity index (χ2n) is 5.45. The molecule has 0 spiro atoms. The van der Waals surface area contributed by atoms with E-state index in [1.54, 1.807) is 29.2 Å². The number of ketones is 1. The average molecular weight is 303 g/mol. The van der Waals surface area contributed by atoms with E-state index in [4.69, 9.17) is 0 Å². The molecule has 1 aliphatic rings. The molecule has 0 aliphatic heterocycles. The number of hydrogen-bond acceptors (Lipinski definition) is 3. The Bertz CT molecular complexity index is 582. The maximum Gasteiger partial charge on any atom is 0.315 e. The van der Waals surface area contributed by atoms with E-state index in [0.717, 1.165) is 12.8 Å². The molecule has 118 valence electrons. The van der Waals surface area contributed by atoms with E-state index < -0.39 is 0 Å². The molecular formula is C16H21N3O3. The molecule has 0 bridgehead atoms. The molecule has 0 aromatic heterocycles. The van der Waals surface area contributed by atoms with E-state index in [-0.39, 0.29) is 17.7 Å². The molecule has 0 heterocycles. The first-order valence-corrected chi connectivity index (χ1v) is 7.41. The highest BCUT2D eigenvalue weighted by Gasteiger charge is 2.23. The Kier molecular flexibility index (Phi) is 5.14. The van der Waals surface area contributed by atoms with Crippen molar-refractivity contribution in [3.63, 3.8) is 0 Å². The molecule has 6 nitrogen and oxygen atoms in total. The largest absolute Gasteiger partial charge is 0.336 e. The van der Waals surface area contributed by atoms with Crippen molar-refractivity contribution in [2.24, 2.45) is 0 Å². The highest BCUT2D eigenvalue weighted by molar-refractivity contribution is 5.97. The SMILES string of the molecule is CC(=O)c1cccc(N(CCNC(=O)NC2CC2)C(C)=O)c1. The fraction of sp³-hybridized carbons (Fsp3) is 0.438. The van der Waals surface area contributed by atoms with Crippen molar-refractivity contribution >= 4 is 23.4 Å². The lowest BCUT2D eigenvalue weighted by Gasteiger charge is -2.22. The van der Waals surface area contributed by atoms with Crippen LogP contribution in [0.5, 0.6) is 0 Å². The van der Waals surface area contributed by atoms with Crippen LogP contribution in [0.1, 0.15) is 37.0 Å². The lowest BCUT2D eigenvalue weighted by Crippen LogP contribution is -2.42. The van der Waals surface area contributed by atoms with Gasteiger partial charge in [0.05, 0.1) is 0 Å². The predicted octanol–water partition coefficient (Wildman–Crippen LogP) is 1.70. The first-order chi connectivity index (χ1) is 10.5. The number of hydrogen-bond donors (Lipinski definition) is 2. The Labute approximate surface area is 129 Å². The zero-order chi connectivity index (χ0) is 16.1. The summed E-state index contributed by atoms with van der Waals surface area (Å²) >= 11 is 0. The molecule has 0 radical (unpaired) electrons. The van der Waals surface area contributed by atoms with Crippen LogP contribution in [-0.4, -0.2) is 36.9 Å². The standard InChI is InChI=1S/C16H21N3O3/c1-11(20)13-4-3-5-15(10-13)19(12(2)21)9-8-17-16(22)18-14-6-7-14/h3-5,10,14H,6-9H2,1-2H3,(H2,17,18,22). The molecule has 1 fully saturated rings. The summed E-state index contributed by atoms with van der Waals surface area (Å²) < 4.78 is 0. The topological polar surface area (TPSA) is 78.5 Å². The maximum atomic E-state index is 11.8. The number of carbonyl (C=O) groups excluding carboxylic acids is 3. The van der Waals surface area contributed by atoms with Gasteiger partial charge in [-0.15, -0.1) is 0 Å². The van der Waals surface area contributed by atoms with Gasteiger partial charge in [-0.25, -0.2) is 4.79 Å². The third-order valence-corrected chi connectivity index (χ3v) is 3.48. The van der Waals surface area contributed by atoms with Gasteiger partial charge in [0.2, 0.25) is 5.91 Å². The number of urea groups is 1. The number of anilines is 1. The Morgan fingerprint density at radius 1 is 1.23 bits per heavy atom. The van der Waals surface area contributed by atoms with E-state index in [1.165, 1.54) is 13.8 Å². The second kappa shape index (κ2) is 7.06. The summed E-state index contributed by atoms with van der Waals surface area (Å²) in [7, 11) is 0. The lowest BCUT2D eigenvalue weighted by molar-refractivity contribution is -0.116. The van der Waals surface area contributed by atoms with Crippen LogP contribution in [0.25, 0.3) is 0 Å². The smallest absolute Gasteiger partial charge is 0.315 e. The normalized spacial score (nSPS) is 13.4. The van der Waals surface area contributed by atoms with Crippen LogP contribution in [0.3, 0.4) is 0 Å². The quantitative estimate of drug-likeness (QED) is 0.785. The van der Waals surface area contributed by atoms with Gasteiger partial charge < -0.3 is 15.5 Å². The predicted molar refractivity (Wildman–Crippen MR) is 84.0 cm³/mol. The Hall–Kier alpha value is -2.37. The van der Waals surface area contributed by atoms with Crippen LogP contribution >= 0.6 is 0 Å². The van der Waals surface area contributed by atoms with Gasteiger partial charge in [0.25, 0.3) is 0 Å². The molecule has 6 heteroatoms. The molecule has 1 aliphatic carbocycles. The number of Topliss-reactive ketones (excluding diaryl/α,β-unsaturated/α-hetero) is 1. The number of benzene rings is 1. The first-order valence-electron chi connectivity index (χ1n) is 7.41. The average Bonchev–Trinajstić information content (AvgIpc) is 3.27. The molecule has 2 rings (SSSR count). The fourth-order valence-electron chi connectivity index (χ4n) is 2.11. The molecule has 22 heavy (non-hydrogen) atoms. The summed E-state index contributed by atoms with van der Waals surface area (Å²) in [4.78, 5) is 36.3. The third kappa shape index (κ3) is 4.58. The van der Waals surface area contributed by atoms with Crippen molar-refractivity contribution in [3.05, 3.63) is 29.8 Å². The van der Waals surface area contributed by atoms with Crippen LogP contribution in [0.2, 0.25) is 0 Å². The van der Waals surface area contributed by atoms with Gasteiger partial charge in [-0.2, -0.15) is 0 Å². The number of nitrogens with zero attached hydrogens (tertiary/aromatic N) is 1. The zero-order valence-electron chi connectivity index (χ0n) is 12.9. The van der Waals surface area contributed by atoms with Crippen LogP contribution in [0.4, 0.5) is 10.5 Å². The minimum atomic E-state index is -0.205. The van der Waals surface area contributed by atoms with Crippen molar-refractivity contribution in [1.82, 2.24) is 10.6 Å². The summed E-state index contributed by atoms with van der Waals surface area (Å²) in [6, 6.07) is 7.02. The van der Waals surface area contributed by atoms with E-state index in [0.29, 0.717) is 30.4 Å². The summed E-state index contributed by atoms with van der Waals surface area (Å²) in [6.07, 6.45) is 2.07. The summed E-state index contributed by atoms with van der Waals surface area (Å²) in [6.45, 7) is 3.66. The van der Waals surface area contributed by atoms with E-state index in [1.807, 2.05) is 0 Å². The molecule has 0 saturated heterocycles. The summed E-state index contributed by atoms with van der Waals surface area (Å²) in [5.74, 6) is -0.183. The minimum absolute atomic E-state index is 0.0488. The Morgan fingerprint density at radius 2 is 1.95 bits per heavy atom. The van der Waals surface area contributed by atoms with E-state index in [2.05, 4.69) is 10.6 Å². The van der Waals surface area contributed by atoms with Gasteiger partial charge in [0.15, 0.2) is 5.78 Å². The zero-order valence-corrected chi connectivity index (χ0v) is 12.9. The van der Waals surface area contributed by atoms with E-state index in [9.17, 15) is 14.4 Å². The third-order valence-electron chi connectivity index (χ3n) is 3.48. The van der Waals surface area contributed by atoms with Crippen molar-refractivity contribution < 1.29 is 14.4 Å². The minimum Gasteiger partial charge on any atom is -0.336 e. The Balaban J connectivity index is 1.94.